The highest BCUT2D eigenvalue weighted by molar-refractivity contribution is 7.89. The number of hydrogen-bond donors (Lipinski definition) is 2. The number of sulfonamides is 1. The molecule has 1 aliphatic heterocycles. The summed E-state index contributed by atoms with van der Waals surface area (Å²) in [5.41, 5.74) is 0.304. The van der Waals surface area contributed by atoms with E-state index in [4.69, 9.17) is 39.5 Å². The molecular weight excluding hydrogens is 487 g/mol. The van der Waals surface area contributed by atoms with Crippen LogP contribution in [-0.4, -0.2) is 66.6 Å². The fourth-order valence-corrected chi connectivity index (χ4v) is 5.62. The molecule has 1 atom stereocenters. The van der Waals surface area contributed by atoms with Crippen molar-refractivity contribution < 1.29 is 18.3 Å². The smallest absolute Gasteiger partial charge is 0.245 e. The Labute approximate surface area is 197 Å². The summed E-state index contributed by atoms with van der Waals surface area (Å²) in [4.78, 5) is 2.01. The Hall–Kier alpha value is -1.07. The predicted molar refractivity (Wildman–Crippen MR) is 121 cm³/mol. The summed E-state index contributed by atoms with van der Waals surface area (Å²) in [6.07, 6.45) is 0.740. The summed E-state index contributed by atoms with van der Waals surface area (Å²) in [6.45, 7) is 3.25. The molecule has 31 heavy (non-hydrogen) atoms. The lowest BCUT2D eigenvalue weighted by molar-refractivity contribution is 0.0630. The molecule has 2 aromatic rings. The van der Waals surface area contributed by atoms with E-state index in [1.807, 2.05) is 0 Å². The Morgan fingerprint density at radius 2 is 1.94 bits per heavy atom. The maximum Gasteiger partial charge on any atom is 0.245 e. The normalized spacial score (nSPS) is 17.1. The molecule has 0 spiro atoms. The average molecular weight is 512 g/mol. The van der Waals surface area contributed by atoms with E-state index in [-0.39, 0.29) is 22.7 Å². The van der Waals surface area contributed by atoms with Crippen LogP contribution >= 0.6 is 34.8 Å². The van der Waals surface area contributed by atoms with Gasteiger partial charge >= 0.3 is 0 Å². The SMILES string of the molecule is Cc1nn(C)c(Cl)c1S(=O)(=O)NC[C@H](O)CN1CCC(Oc2ccc(Cl)c(Cl)c2)CC1. The molecule has 2 N–H and O–H groups in total. The zero-order chi connectivity index (χ0) is 22.8. The van der Waals surface area contributed by atoms with Gasteiger partial charge in [0, 0.05) is 39.3 Å². The van der Waals surface area contributed by atoms with Gasteiger partial charge in [-0.1, -0.05) is 34.8 Å². The van der Waals surface area contributed by atoms with Gasteiger partial charge in [-0.05, 0) is 31.9 Å². The molecule has 1 aliphatic rings. The second kappa shape index (κ2) is 10.2. The quantitative estimate of drug-likeness (QED) is 0.566. The molecule has 0 unspecified atom stereocenters. The molecule has 0 aliphatic carbocycles. The van der Waals surface area contributed by atoms with Gasteiger partial charge in [-0.2, -0.15) is 5.10 Å². The molecule has 2 heterocycles. The lowest BCUT2D eigenvalue weighted by Gasteiger charge is -2.33. The van der Waals surface area contributed by atoms with E-state index < -0.39 is 16.1 Å². The number of hydrogen-bond acceptors (Lipinski definition) is 6. The van der Waals surface area contributed by atoms with Crippen LogP contribution in [0.2, 0.25) is 15.2 Å². The van der Waals surface area contributed by atoms with Gasteiger partial charge in [0.15, 0.2) is 0 Å². The third-order valence-electron chi connectivity index (χ3n) is 5.08. The summed E-state index contributed by atoms with van der Waals surface area (Å²) in [5, 5.41) is 15.3. The molecular formula is C19H25Cl3N4O4S. The first kappa shape index (κ1) is 24.6. The molecule has 1 aromatic carbocycles. The van der Waals surface area contributed by atoms with E-state index in [1.54, 1.807) is 32.2 Å². The van der Waals surface area contributed by atoms with Gasteiger partial charge < -0.3 is 14.7 Å². The fourth-order valence-electron chi connectivity index (χ4n) is 3.51. The van der Waals surface area contributed by atoms with Crippen molar-refractivity contribution in [1.82, 2.24) is 19.4 Å². The highest BCUT2D eigenvalue weighted by atomic mass is 35.5. The average Bonchev–Trinajstić information content (AvgIpc) is 2.97. The van der Waals surface area contributed by atoms with E-state index in [1.165, 1.54) is 4.68 Å². The molecule has 172 valence electrons. The van der Waals surface area contributed by atoms with E-state index in [9.17, 15) is 13.5 Å². The Morgan fingerprint density at radius 3 is 2.52 bits per heavy atom. The number of aromatic nitrogens is 2. The highest BCUT2D eigenvalue weighted by Crippen LogP contribution is 2.28. The van der Waals surface area contributed by atoms with E-state index in [2.05, 4.69) is 14.7 Å². The van der Waals surface area contributed by atoms with E-state index in [0.717, 1.165) is 25.9 Å². The summed E-state index contributed by atoms with van der Waals surface area (Å²) in [5.74, 6) is 0.673. The number of nitrogens with zero attached hydrogens (tertiary/aromatic N) is 3. The lowest BCUT2D eigenvalue weighted by Crippen LogP contribution is -2.45. The number of likely N-dealkylation sites (tertiary alicyclic amines) is 1. The molecule has 1 aromatic heterocycles. The number of benzene rings is 1. The van der Waals surface area contributed by atoms with Crippen LogP contribution in [0.5, 0.6) is 5.75 Å². The second-order valence-electron chi connectivity index (χ2n) is 7.53. The number of piperidine rings is 1. The van der Waals surface area contributed by atoms with Gasteiger partial charge in [0.25, 0.3) is 0 Å². The molecule has 8 nitrogen and oxygen atoms in total. The number of nitrogens with one attached hydrogen (secondary N) is 1. The Bertz CT molecular complexity index is 1020. The van der Waals surface area contributed by atoms with Crippen LogP contribution in [0, 0.1) is 6.92 Å². The summed E-state index contributed by atoms with van der Waals surface area (Å²) < 4.78 is 34.8. The highest BCUT2D eigenvalue weighted by Gasteiger charge is 2.27. The van der Waals surface area contributed by atoms with Crippen LogP contribution in [0.3, 0.4) is 0 Å². The molecule has 12 heteroatoms. The number of ether oxygens (including phenoxy) is 1. The Morgan fingerprint density at radius 1 is 1.26 bits per heavy atom. The first-order valence-electron chi connectivity index (χ1n) is 9.77. The topological polar surface area (TPSA) is 96.7 Å². The first-order chi connectivity index (χ1) is 14.6. The van der Waals surface area contributed by atoms with Crippen molar-refractivity contribution in [2.24, 2.45) is 7.05 Å². The van der Waals surface area contributed by atoms with Crippen molar-refractivity contribution in [3.05, 3.63) is 39.1 Å². The van der Waals surface area contributed by atoms with Crippen molar-refractivity contribution in [2.75, 3.05) is 26.2 Å². The maximum absolute atomic E-state index is 12.5. The maximum atomic E-state index is 12.5. The summed E-state index contributed by atoms with van der Waals surface area (Å²) in [7, 11) is -2.30. The van der Waals surface area contributed by atoms with Crippen LogP contribution in [0.1, 0.15) is 18.5 Å². The number of halogens is 3. The number of aryl methyl sites for hydroxylation is 2. The van der Waals surface area contributed by atoms with Crippen molar-refractivity contribution in [3.8, 4) is 5.75 Å². The van der Waals surface area contributed by atoms with Gasteiger partial charge in [-0.15, -0.1) is 0 Å². The van der Waals surface area contributed by atoms with E-state index in [0.29, 0.717) is 28.0 Å². The minimum atomic E-state index is -3.87. The lowest BCUT2D eigenvalue weighted by atomic mass is 10.1. The van der Waals surface area contributed by atoms with Gasteiger partial charge in [0.05, 0.1) is 21.8 Å². The standard InChI is InChI=1S/C19H25Cl3N4O4S/c1-12-18(19(22)25(2)24-12)31(28,29)23-10-13(27)11-26-7-5-14(6-8-26)30-15-3-4-16(20)17(21)9-15/h3-4,9,13-14,23,27H,5-8,10-11H2,1-2H3/t13-/m0/s1. The third kappa shape index (κ3) is 6.25. The number of aliphatic hydroxyl groups is 1. The minimum Gasteiger partial charge on any atom is -0.490 e. The van der Waals surface area contributed by atoms with E-state index >= 15 is 0 Å². The summed E-state index contributed by atoms with van der Waals surface area (Å²) >= 11 is 18.0. The molecule has 1 saturated heterocycles. The van der Waals surface area contributed by atoms with Crippen LogP contribution in [0.4, 0.5) is 0 Å². The van der Waals surface area contributed by atoms with Crippen molar-refractivity contribution in [3.63, 3.8) is 0 Å². The number of β-amino-alcohol motifs (C(OH)–C–C–N with tert-alkyl or cyclic N) is 1. The zero-order valence-corrected chi connectivity index (χ0v) is 20.3. The third-order valence-corrected chi connectivity index (χ3v) is 7.93. The number of rotatable bonds is 8. The van der Waals surface area contributed by atoms with Crippen LogP contribution in [-0.2, 0) is 17.1 Å². The molecule has 0 bridgehead atoms. The fraction of sp³-hybridized carbons (Fsp3) is 0.526. The Balaban J connectivity index is 1.45. The largest absolute Gasteiger partial charge is 0.490 e. The van der Waals surface area contributed by atoms with Crippen molar-refractivity contribution >= 4 is 44.8 Å². The second-order valence-corrected chi connectivity index (χ2v) is 10.4. The Kier molecular flexibility index (Phi) is 8.12. The van der Waals surface area contributed by atoms with Crippen LogP contribution < -0.4 is 9.46 Å². The molecule has 0 radical (unpaired) electrons. The molecule has 1 fully saturated rings. The van der Waals surface area contributed by atoms with Gasteiger partial charge in [0.2, 0.25) is 10.0 Å². The monoisotopic (exact) mass is 510 g/mol. The van der Waals surface area contributed by atoms with Crippen LogP contribution in [0.25, 0.3) is 0 Å². The summed E-state index contributed by atoms with van der Waals surface area (Å²) in [6, 6.07) is 5.18. The molecule has 3 rings (SSSR count). The minimum absolute atomic E-state index is 0.0311. The van der Waals surface area contributed by atoms with Crippen molar-refractivity contribution in [2.45, 2.75) is 36.9 Å². The van der Waals surface area contributed by atoms with Crippen LogP contribution in [0.15, 0.2) is 23.1 Å². The van der Waals surface area contributed by atoms with Crippen molar-refractivity contribution in [1.29, 1.82) is 0 Å². The number of aliphatic hydroxyl groups excluding tert-OH is 1. The zero-order valence-electron chi connectivity index (χ0n) is 17.2. The van der Waals surface area contributed by atoms with Gasteiger partial charge in [-0.25, -0.2) is 13.1 Å². The molecule has 0 amide bonds. The van der Waals surface area contributed by atoms with Gasteiger partial charge in [0.1, 0.15) is 21.9 Å². The van der Waals surface area contributed by atoms with Gasteiger partial charge in [-0.3, -0.25) is 4.68 Å². The molecule has 0 saturated carbocycles. The predicted octanol–water partition coefficient (Wildman–Crippen LogP) is 2.87. The first-order valence-corrected chi connectivity index (χ1v) is 12.4.